The number of halogens is 5. The molecule has 6 rings (SSSR count). The van der Waals surface area contributed by atoms with Gasteiger partial charge in [0.1, 0.15) is 6.17 Å². The maximum atomic E-state index is 15.1. The zero-order valence-electron chi connectivity index (χ0n) is 18.8. The summed E-state index contributed by atoms with van der Waals surface area (Å²) in [6, 6.07) is 2.69. The molecule has 0 amide bonds. The second-order valence-electron chi connectivity index (χ2n) is 9.87. The summed E-state index contributed by atoms with van der Waals surface area (Å²) in [7, 11) is 0. The lowest BCUT2D eigenvalue weighted by Gasteiger charge is -2.50. The van der Waals surface area contributed by atoms with Crippen LogP contribution in [0.1, 0.15) is 37.3 Å². The van der Waals surface area contributed by atoms with Crippen LogP contribution in [0.3, 0.4) is 0 Å². The topological polar surface area (TPSA) is 68.1 Å². The number of fused-ring (bicyclic) bond motifs is 1. The molecule has 3 aromatic rings. The molecule has 1 saturated carbocycles. The van der Waals surface area contributed by atoms with Gasteiger partial charge in [-0.3, -0.25) is 4.90 Å². The minimum absolute atomic E-state index is 0.108. The Morgan fingerprint density at radius 2 is 1.97 bits per heavy atom. The normalized spacial score (nSPS) is 27.5. The van der Waals surface area contributed by atoms with E-state index in [1.165, 1.54) is 10.9 Å². The van der Waals surface area contributed by atoms with Crippen molar-refractivity contribution in [2.45, 2.75) is 49.4 Å². The van der Waals surface area contributed by atoms with Gasteiger partial charge in [0.05, 0.1) is 48.1 Å². The number of alkyl halides is 3. The SMILES string of the molecule is CC1(N2CCC(n3ncc(Nc4ncc5cc(Cl)c(C6CC6(F)F)cc5n4)c3Cl)[C@H](F)C2)COC1. The number of ether oxygens (including phenoxy) is 1. The van der Waals surface area contributed by atoms with Gasteiger partial charge in [-0.05, 0) is 31.0 Å². The van der Waals surface area contributed by atoms with Crippen LogP contribution in [-0.4, -0.2) is 68.6 Å². The molecule has 4 heterocycles. The van der Waals surface area contributed by atoms with Crippen LogP contribution in [0.2, 0.25) is 10.2 Å². The van der Waals surface area contributed by atoms with Crippen LogP contribution in [0.4, 0.5) is 24.8 Å². The molecule has 2 unspecified atom stereocenters. The molecule has 3 fully saturated rings. The summed E-state index contributed by atoms with van der Waals surface area (Å²) in [5.41, 5.74) is 1.19. The van der Waals surface area contributed by atoms with E-state index < -0.39 is 24.1 Å². The van der Waals surface area contributed by atoms with Crippen molar-refractivity contribution >= 4 is 45.7 Å². The highest BCUT2D eigenvalue weighted by atomic mass is 35.5. The molecular weight excluding hydrogens is 504 g/mol. The lowest BCUT2D eigenvalue weighted by Crippen LogP contribution is -2.63. The van der Waals surface area contributed by atoms with Crippen LogP contribution < -0.4 is 5.32 Å². The van der Waals surface area contributed by atoms with Crippen LogP contribution in [-0.2, 0) is 4.74 Å². The summed E-state index contributed by atoms with van der Waals surface area (Å²) < 4.78 is 49.2. The molecule has 0 radical (unpaired) electrons. The molecule has 2 aliphatic heterocycles. The van der Waals surface area contributed by atoms with Gasteiger partial charge in [-0.2, -0.15) is 5.10 Å². The summed E-state index contributed by atoms with van der Waals surface area (Å²) >= 11 is 12.8. The number of piperidine rings is 1. The molecule has 1 aromatic carbocycles. The van der Waals surface area contributed by atoms with Crippen molar-refractivity contribution in [3.8, 4) is 0 Å². The van der Waals surface area contributed by atoms with E-state index in [9.17, 15) is 8.78 Å². The van der Waals surface area contributed by atoms with Gasteiger partial charge in [0.2, 0.25) is 5.95 Å². The Morgan fingerprint density at radius 1 is 1.20 bits per heavy atom. The fourth-order valence-corrected chi connectivity index (χ4v) is 5.54. The monoisotopic (exact) mass is 526 g/mol. The first-order chi connectivity index (χ1) is 16.6. The second-order valence-corrected chi connectivity index (χ2v) is 10.6. The van der Waals surface area contributed by atoms with Crippen molar-refractivity contribution in [1.82, 2.24) is 24.6 Å². The molecule has 2 aromatic heterocycles. The van der Waals surface area contributed by atoms with Gasteiger partial charge >= 0.3 is 0 Å². The Bertz CT molecular complexity index is 1300. The first kappa shape index (κ1) is 23.3. The molecule has 0 bridgehead atoms. The molecule has 0 spiro atoms. The molecule has 1 aliphatic carbocycles. The third kappa shape index (κ3) is 4.04. The third-order valence-electron chi connectivity index (χ3n) is 7.29. The van der Waals surface area contributed by atoms with Crippen molar-refractivity contribution in [2.24, 2.45) is 0 Å². The number of aromatic nitrogens is 4. The largest absolute Gasteiger partial charge is 0.377 e. The van der Waals surface area contributed by atoms with Crippen LogP contribution in [0.25, 0.3) is 10.9 Å². The van der Waals surface area contributed by atoms with E-state index in [4.69, 9.17) is 27.9 Å². The smallest absolute Gasteiger partial charge is 0.255 e. The Labute approximate surface area is 209 Å². The van der Waals surface area contributed by atoms with E-state index in [1.807, 2.05) is 0 Å². The van der Waals surface area contributed by atoms with E-state index in [0.717, 1.165) is 6.54 Å². The Morgan fingerprint density at radius 3 is 2.63 bits per heavy atom. The molecule has 186 valence electrons. The second kappa shape index (κ2) is 8.19. The minimum atomic E-state index is -2.73. The number of anilines is 2. The van der Waals surface area contributed by atoms with Crippen molar-refractivity contribution in [3.05, 3.63) is 40.3 Å². The lowest BCUT2D eigenvalue weighted by molar-refractivity contribution is -0.145. The number of nitrogens with zero attached hydrogens (tertiary/aromatic N) is 5. The average molecular weight is 527 g/mol. The number of benzene rings is 1. The van der Waals surface area contributed by atoms with E-state index in [-0.39, 0.29) is 28.1 Å². The maximum Gasteiger partial charge on any atom is 0.255 e. The molecule has 1 N–H and O–H groups in total. The van der Waals surface area contributed by atoms with Gasteiger partial charge in [-0.1, -0.05) is 23.2 Å². The van der Waals surface area contributed by atoms with Crippen LogP contribution in [0, 0.1) is 0 Å². The van der Waals surface area contributed by atoms with E-state index in [2.05, 4.69) is 32.2 Å². The Balaban J connectivity index is 1.20. The molecule has 2 saturated heterocycles. The summed E-state index contributed by atoms with van der Waals surface area (Å²) in [6.07, 6.45) is 2.28. The van der Waals surface area contributed by atoms with Gasteiger partial charge in [0.15, 0.2) is 5.15 Å². The number of hydrogen-bond donors (Lipinski definition) is 1. The average Bonchev–Trinajstić information content (AvgIpc) is 3.29. The van der Waals surface area contributed by atoms with Gasteiger partial charge in [0.25, 0.3) is 5.92 Å². The van der Waals surface area contributed by atoms with E-state index in [1.54, 1.807) is 18.3 Å². The Hall–Kier alpha value is -2.14. The van der Waals surface area contributed by atoms with Crippen molar-refractivity contribution in [1.29, 1.82) is 0 Å². The predicted octanol–water partition coefficient (Wildman–Crippen LogP) is 5.37. The van der Waals surface area contributed by atoms with Gasteiger partial charge < -0.3 is 10.1 Å². The maximum absolute atomic E-state index is 15.1. The number of rotatable bonds is 5. The standard InChI is InChI=1S/C23H23Cl2F3N6O/c1-22(10-35-11-22)33-3-2-19(16(26)9-33)34-20(25)18(8-30-34)32-21-29-7-12-4-15(24)13(5-17(12)31-21)14-6-23(14,27)28/h4-5,7-8,14,16,19H,2-3,6,9-11H2,1H3,(H,29,31,32)/t14?,16-,19?/m1/s1. The molecule has 35 heavy (non-hydrogen) atoms. The summed E-state index contributed by atoms with van der Waals surface area (Å²) in [5, 5.41) is 8.50. The molecule has 7 nitrogen and oxygen atoms in total. The molecule has 3 aliphatic rings. The van der Waals surface area contributed by atoms with Crippen LogP contribution in [0.5, 0.6) is 0 Å². The van der Waals surface area contributed by atoms with Crippen molar-refractivity contribution in [2.75, 3.05) is 31.6 Å². The predicted molar refractivity (Wildman–Crippen MR) is 127 cm³/mol. The van der Waals surface area contributed by atoms with Gasteiger partial charge in [-0.15, -0.1) is 0 Å². The van der Waals surface area contributed by atoms with Gasteiger partial charge in [-0.25, -0.2) is 27.8 Å². The quantitative estimate of drug-likeness (QED) is 0.481. The first-order valence-corrected chi connectivity index (χ1v) is 12.2. The van der Waals surface area contributed by atoms with E-state index >= 15 is 4.39 Å². The minimum Gasteiger partial charge on any atom is -0.377 e. The zero-order chi connectivity index (χ0) is 24.5. The molecule has 3 atom stereocenters. The third-order valence-corrected chi connectivity index (χ3v) is 8.00. The van der Waals surface area contributed by atoms with Crippen molar-refractivity contribution < 1.29 is 17.9 Å². The van der Waals surface area contributed by atoms with Gasteiger partial charge in [0, 0.05) is 36.1 Å². The fraction of sp³-hybridized carbons (Fsp3) is 0.522. The summed E-state index contributed by atoms with van der Waals surface area (Å²) in [6.45, 7) is 4.33. The highest BCUT2D eigenvalue weighted by Crippen LogP contribution is 2.57. The lowest BCUT2D eigenvalue weighted by atomic mass is 9.92. The highest BCUT2D eigenvalue weighted by molar-refractivity contribution is 6.32. The first-order valence-electron chi connectivity index (χ1n) is 11.5. The zero-order valence-corrected chi connectivity index (χ0v) is 20.3. The van der Waals surface area contributed by atoms with Crippen LogP contribution >= 0.6 is 23.2 Å². The molecule has 12 heteroatoms. The highest BCUT2D eigenvalue weighted by Gasteiger charge is 2.58. The van der Waals surface area contributed by atoms with Crippen LogP contribution in [0.15, 0.2) is 24.5 Å². The number of likely N-dealkylation sites (tertiary alicyclic amines) is 1. The van der Waals surface area contributed by atoms with E-state index in [0.29, 0.717) is 48.3 Å². The number of hydrogen-bond acceptors (Lipinski definition) is 6. The fourth-order valence-electron chi connectivity index (χ4n) is 4.97. The summed E-state index contributed by atoms with van der Waals surface area (Å²) in [4.78, 5) is 10.9. The molecular formula is C23H23Cl2F3N6O. The van der Waals surface area contributed by atoms with Crippen molar-refractivity contribution in [3.63, 3.8) is 0 Å². The number of nitrogens with one attached hydrogen (secondary N) is 1. The Kier molecular flexibility index (Phi) is 5.45. The summed E-state index contributed by atoms with van der Waals surface area (Å²) in [5.74, 6) is -3.40.